The number of non-ortho nitro benzene ring substituents is 1. The molecule has 33 heavy (non-hydrogen) atoms. The van der Waals surface area contributed by atoms with E-state index in [2.05, 4.69) is 30.9 Å². The Kier molecular flexibility index (Phi) is 7.12. The Bertz CT molecular complexity index is 1140. The molecule has 0 spiro atoms. The minimum Gasteiger partial charge on any atom is -0.379 e. The molecule has 0 radical (unpaired) electrons. The summed E-state index contributed by atoms with van der Waals surface area (Å²) in [5.74, 6) is -0.172. The standard InChI is InChI=1S/C24H26N4O4S/c1-17-15-21-22(16-18(17)2)33-24(25-21)27(10-9-26-11-13-32-14-12-26)23(29)8-5-19-3-6-20(7-4-19)28(30)31/h3-8,15-16H,9-14H2,1-2H3/b8-5+. The lowest BCUT2D eigenvalue weighted by Gasteiger charge is -2.28. The number of morpholine rings is 1. The van der Waals surface area contributed by atoms with Gasteiger partial charge < -0.3 is 4.74 Å². The molecule has 0 atom stereocenters. The highest BCUT2D eigenvalue weighted by Gasteiger charge is 2.20. The van der Waals surface area contributed by atoms with Crippen molar-refractivity contribution in [1.29, 1.82) is 0 Å². The third-order valence-corrected chi connectivity index (χ3v) is 6.80. The van der Waals surface area contributed by atoms with Crippen molar-refractivity contribution in [3.8, 4) is 0 Å². The van der Waals surface area contributed by atoms with Gasteiger partial charge in [0, 0.05) is 44.4 Å². The van der Waals surface area contributed by atoms with E-state index in [1.54, 1.807) is 23.1 Å². The first-order chi connectivity index (χ1) is 15.9. The molecule has 2 heterocycles. The molecule has 9 heteroatoms. The second-order valence-corrected chi connectivity index (χ2v) is 9.04. The van der Waals surface area contributed by atoms with E-state index < -0.39 is 4.92 Å². The molecule has 1 aliphatic rings. The van der Waals surface area contributed by atoms with E-state index >= 15 is 0 Å². The Balaban J connectivity index is 1.57. The van der Waals surface area contributed by atoms with Gasteiger partial charge in [-0.2, -0.15) is 0 Å². The monoisotopic (exact) mass is 466 g/mol. The Labute approximate surface area is 196 Å². The molecular formula is C24H26N4O4S. The molecule has 1 amide bonds. The Morgan fingerprint density at radius 2 is 1.91 bits per heavy atom. The molecule has 8 nitrogen and oxygen atoms in total. The third kappa shape index (κ3) is 5.62. The predicted octanol–water partition coefficient (Wildman–Crippen LogP) is 4.20. The molecule has 1 aromatic heterocycles. The van der Waals surface area contributed by atoms with E-state index in [0.29, 0.717) is 24.9 Å². The molecule has 1 saturated heterocycles. The number of carbonyl (C=O) groups excluding carboxylic acids is 1. The van der Waals surface area contributed by atoms with Crippen LogP contribution >= 0.6 is 11.3 Å². The fraction of sp³-hybridized carbons (Fsp3) is 0.333. The molecule has 0 saturated carbocycles. The topological polar surface area (TPSA) is 88.8 Å². The van der Waals surface area contributed by atoms with E-state index in [0.717, 1.165) is 35.4 Å². The zero-order chi connectivity index (χ0) is 23.4. The number of ether oxygens (including phenoxy) is 1. The smallest absolute Gasteiger partial charge is 0.269 e. The number of aromatic nitrogens is 1. The molecule has 2 aromatic carbocycles. The van der Waals surface area contributed by atoms with Crippen LogP contribution in [-0.2, 0) is 9.53 Å². The van der Waals surface area contributed by atoms with Gasteiger partial charge in [-0.25, -0.2) is 4.98 Å². The van der Waals surface area contributed by atoms with Crippen molar-refractivity contribution in [2.45, 2.75) is 13.8 Å². The second kappa shape index (κ2) is 10.2. The van der Waals surface area contributed by atoms with Gasteiger partial charge in [-0.3, -0.25) is 24.7 Å². The molecule has 0 unspecified atom stereocenters. The second-order valence-electron chi connectivity index (χ2n) is 8.03. The van der Waals surface area contributed by atoms with E-state index in [1.807, 2.05) is 0 Å². The van der Waals surface area contributed by atoms with Gasteiger partial charge in [-0.15, -0.1) is 0 Å². The third-order valence-electron chi connectivity index (χ3n) is 5.76. The summed E-state index contributed by atoms with van der Waals surface area (Å²) in [6.45, 7) is 8.47. The summed E-state index contributed by atoms with van der Waals surface area (Å²) in [6.07, 6.45) is 3.18. The summed E-state index contributed by atoms with van der Waals surface area (Å²) in [6, 6.07) is 10.3. The Morgan fingerprint density at radius 3 is 2.61 bits per heavy atom. The van der Waals surface area contributed by atoms with Crippen molar-refractivity contribution in [3.63, 3.8) is 0 Å². The number of benzene rings is 2. The number of nitrogens with zero attached hydrogens (tertiary/aromatic N) is 4. The van der Waals surface area contributed by atoms with Gasteiger partial charge >= 0.3 is 0 Å². The molecule has 0 N–H and O–H groups in total. The predicted molar refractivity (Wildman–Crippen MR) is 131 cm³/mol. The van der Waals surface area contributed by atoms with Crippen molar-refractivity contribution in [2.75, 3.05) is 44.3 Å². The zero-order valence-electron chi connectivity index (χ0n) is 18.7. The first kappa shape index (κ1) is 23.0. The summed E-state index contributed by atoms with van der Waals surface area (Å²) in [4.78, 5) is 32.4. The molecule has 0 bridgehead atoms. The van der Waals surface area contributed by atoms with Gasteiger partial charge in [0.1, 0.15) is 0 Å². The van der Waals surface area contributed by atoms with Gasteiger partial charge in [0.15, 0.2) is 5.13 Å². The SMILES string of the molecule is Cc1cc2nc(N(CCN3CCOCC3)C(=O)/C=C/c3ccc([N+](=O)[O-])cc3)sc2cc1C. The molecule has 172 valence electrons. The largest absolute Gasteiger partial charge is 0.379 e. The highest BCUT2D eigenvalue weighted by Crippen LogP contribution is 2.31. The van der Waals surface area contributed by atoms with E-state index in [9.17, 15) is 14.9 Å². The van der Waals surface area contributed by atoms with Gasteiger partial charge in [-0.05, 0) is 60.9 Å². The van der Waals surface area contributed by atoms with E-state index in [-0.39, 0.29) is 11.6 Å². The van der Waals surface area contributed by atoms with Crippen molar-refractivity contribution in [2.24, 2.45) is 0 Å². The number of carbonyl (C=O) groups is 1. The minimum atomic E-state index is -0.442. The number of nitro benzene ring substituents is 1. The van der Waals surface area contributed by atoms with Crippen LogP contribution in [-0.4, -0.2) is 60.1 Å². The summed E-state index contributed by atoms with van der Waals surface area (Å²) in [5, 5.41) is 11.5. The normalized spacial score (nSPS) is 14.7. The molecule has 3 aromatic rings. The van der Waals surface area contributed by atoms with Crippen molar-refractivity contribution in [3.05, 3.63) is 69.3 Å². The molecular weight excluding hydrogens is 440 g/mol. The lowest BCUT2D eigenvalue weighted by atomic mass is 10.1. The average Bonchev–Trinajstić information content (AvgIpc) is 3.21. The van der Waals surface area contributed by atoms with Crippen LogP contribution in [0.15, 0.2) is 42.5 Å². The Morgan fingerprint density at radius 1 is 1.21 bits per heavy atom. The lowest BCUT2D eigenvalue weighted by molar-refractivity contribution is -0.384. The summed E-state index contributed by atoms with van der Waals surface area (Å²) < 4.78 is 6.48. The molecule has 0 aliphatic carbocycles. The van der Waals surface area contributed by atoms with Crippen LogP contribution in [0.5, 0.6) is 0 Å². The summed E-state index contributed by atoms with van der Waals surface area (Å²) in [5.41, 5.74) is 4.00. The molecule has 1 fully saturated rings. The number of nitro groups is 1. The van der Waals surface area contributed by atoms with Crippen molar-refractivity contribution in [1.82, 2.24) is 9.88 Å². The summed E-state index contributed by atoms with van der Waals surface area (Å²) >= 11 is 1.51. The van der Waals surface area contributed by atoms with Gasteiger partial charge in [0.25, 0.3) is 11.6 Å². The van der Waals surface area contributed by atoms with E-state index in [4.69, 9.17) is 9.72 Å². The van der Waals surface area contributed by atoms with Gasteiger partial charge in [0.2, 0.25) is 0 Å². The number of amides is 1. The first-order valence-electron chi connectivity index (χ1n) is 10.8. The van der Waals surface area contributed by atoms with Crippen LogP contribution in [0.4, 0.5) is 10.8 Å². The maximum atomic E-state index is 13.2. The van der Waals surface area contributed by atoms with Crippen LogP contribution in [0.25, 0.3) is 16.3 Å². The average molecular weight is 467 g/mol. The highest BCUT2D eigenvalue weighted by molar-refractivity contribution is 7.22. The number of fused-ring (bicyclic) bond motifs is 1. The van der Waals surface area contributed by atoms with Crippen LogP contribution in [0, 0.1) is 24.0 Å². The fourth-order valence-electron chi connectivity index (χ4n) is 3.61. The maximum Gasteiger partial charge on any atom is 0.269 e. The Hall–Kier alpha value is -3.14. The number of thiazole rings is 1. The maximum absolute atomic E-state index is 13.2. The van der Waals surface area contributed by atoms with Crippen LogP contribution in [0.2, 0.25) is 0 Å². The zero-order valence-corrected chi connectivity index (χ0v) is 19.5. The number of aryl methyl sites for hydroxylation is 2. The molecule has 4 rings (SSSR count). The van der Waals surface area contributed by atoms with Crippen LogP contribution < -0.4 is 4.90 Å². The van der Waals surface area contributed by atoms with Crippen molar-refractivity contribution < 1.29 is 14.5 Å². The lowest BCUT2D eigenvalue weighted by Crippen LogP contribution is -2.42. The van der Waals surface area contributed by atoms with Crippen LogP contribution in [0.1, 0.15) is 16.7 Å². The van der Waals surface area contributed by atoms with E-state index in [1.165, 1.54) is 40.7 Å². The number of rotatable bonds is 7. The van der Waals surface area contributed by atoms with Crippen molar-refractivity contribution >= 4 is 44.4 Å². The number of anilines is 1. The first-order valence-corrected chi connectivity index (χ1v) is 11.6. The quantitative estimate of drug-likeness (QED) is 0.295. The van der Waals surface area contributed by atoms with Crippen LogP contribution in [0.3, 0.4) is 0 Å². The molecule has 1 aliphatic heterocycles. The number of hydrogen-bond acceptors (Lipinski definition) is 7. The van der Waals surface area contributed by atoms with Gasteiger partial charge in [-0.1, -0.05) is 11.3 Å². The van der Waals surface area contributed by atoms with Gasteiger partial charge in [0.05, 0.1) is 28.4 Å². The minimum absolute atomic E-state index is 0.0191. The highest BCUT2D eigenvalue weighted by atomic mass is 32.1. The fourth-order valence-corrected chi connectivity index (χ4v) is 4.69. The summed E-state index contributed by atoms with van der Waals surface area (Å²) in [7, 11) is 0. The number of hydrogen-bond donors (Lipinski definition) is 0.